The maximum Gasteiger partial charge on any atom is 0.233 e. The van der Waals surface area contributed by atoms with Crippen LogP contribution < -0.4 is 15.2 Å². The van der Waals surface area contributed by atoms with Gasteiger partial charge in [0.1, 0.15) is 5.75 Å². The number of nitrogen functional groups attached to an aromatic ring is 1. The number of anilines is 2. The van der Waals surface area contributed by atoms with E-state index in [1.54, 1.807) is 36.7 Å². The van der Waals surface area contributed by atoms with Gasteiger partial charge in [0.05, 0.1) is 18.6 Å². The van der Waals surface area contributed by atoms with E-state index in [9.17, 15) is 8.42 Å². The van der Waals surface area contributed by atoms with Gasteiger partial charge >= 0.3 is 0 Å². The van der Waals surface area contributed by atoms with Gasteiger partial charge in [-0.05, 0) is 42.3 Å². The van der Waals surface area contributed by atoms with Gasteiger partial charge in [0.15, 0.2) is 0 Å². The lowest BCUT2D eigenvalue weighted by molar-refractivity contribution is 0.417. The minimum atomic E-state index is -3.49. The van der Waals surface area contributed by atoms with E-state index in [0.29, 0.717) is 23.5 Å². The third-order valence-corrected chi connectivity index (χ3v) is 4.17. The Labute approximate surface area is 124 Å². The first kappa shape index (κ1) is 15.1. The average molecular weight is 307 g/mol. The number of pyridine rings is 1. The van der Waals surface area contributed by atoms with Gasteiger partial charge < -0.3 is 10.5 Å². The number of nitrogens with two attached hydrogens (primary N) is 1. The van der Waals surface area contributed by atoms with E-state index >= 15 is 0 Å². The second-order valence-corrected chi connectivity index (χ2v) is 6.33. The molecule has 0 aliphatic carbocycles. The lowest BCUT2D eigenvalue weighted by atomic mass is 10.2. The Hall–Kier alpha value is -2.28. The third-order valence-electron chi connectivity index (χ3n) is 2.90. The Kier molecular flexibility index (Phi) is 4.64. The minimum absolute atomic E-state index is 0.0328. The normalized spacial score (nSPS) is 11.1. The molecule has 0 fully saturated rings. The molecule has 0 bridgehead atoms. The van der Waals surface area contributed by atoms with Crippen LogP contribution >= 0.6 is 0 Å². The molecule has 0 atom stereocenters. The summed E-state index contributed by atoms with van der Waals surface area (Å²) >= 11 is 0. The molecule has 6 nitrogen and oxygen atoms in total. The predicted octanol–water partition coefficient (Wildman–Crippen LogP) is 1.66. The topological polar surface area (TPSA) is 94.3 Å². The number of hydrogen-bond acceptors (Lipinski definition) is 5. The number of aryl methyl sites for hydroxylation is 1. The van der Waals surface area contributed by atoms with Crippen LogP contribution in [0.25, 0.3) is 0 Å². The number of methoxy groups -OCH3 is 1. The van der Waals surface area contributed by atoms with Gasteiger partial charge in [0.25, 0.3) is 0 Å². The van der Waals surface area contributed by atoms with Crippen molar-refractivity contribution in [2.75, 3.05) is 23.3 Å². The quantitative estimate of drug-likeness (QED) is 0.791. The van der Waals surface area contributed by atoms with Crippen LogP contribution in [0.1, 0.15) is 5.56 Å². The van der Waals surface area contributed by atoms with Crippen molar-refractivity contribution in [2.24, 2.45) is 0 Å². The molecule has 0 aliphatic heterocycles. The highest BCUT2D eigenvalue weighted by atomic mass is 32.2. The van der Waals surface area contributed by atoms with Crippen LogP contribution in [0.5, 0.6) is 5.75 Å². The van der Waals surface area contributed by atoms with Crippen molar-refractivity contribution in [1.29, 1.82) is 0 Å². The zero-order valence-electron chi connectivity index (χ0n) is 11.6. The Balaban J connectivity index is 2.09. The van der Waals surface area contributed by atoms with Crippen molar-refractivity contribution in [3.05, 3.63) is 48.3 Å². The molecule has 21 heavy (non-hydrogen) atoms. The first-order chi connectivity index (χ1) is 10.00. The number of nitrogens with one attached hydrogen (secondary N) is 1. The van der Waals surface area contributed by atoms with Crippen LogP contribution in [0.3, 0.4) is 0 Å². The number of rotatable bonds is 6. The van der Waals surface area contributed by atoms with Crippen molar-refractivity contribution in [3.8, 4) is 5.75 Å². The first-order valence-electron chi connectivity index (χ1n) is 6.33. The second-order valence-electron chi connectivity index (χ2n) is 4.49. The summed E-state index contributed by atoms with van der Waals surface area (Å²) in [7, 11) is -2.02. The van der Waals surface area contributed by atoms with Crippen molar-refractivity contribution >= 4 is 21.4 Å². The average Bonchev–Trinajstić information content (AvgIpc) is 2.46. The van der Waals surface area contributed by atoms with Crippen molar-refractivity contribution in [2.45, 2.75) is 6.42 Å². The largest absolute Gasteiger partial charge is 0.495 e. The SMILES string of the molecule is COc1ccc(N)cc1NS(=O)(=O)CCc1ccncc1. The van der Waals surface area contributed by atoms with Crippen molar-refractivity contribution in [3.63, 3.8) is 0 Å². The van der Waals surface area contributed by atoms with Gasteiger partial charge in [0, 0.05) is 18.1 Å². The summed E-state index contributed by atoms with van der Waals surface area (Å²) in [4.78, 5) is 3.89. The summed E-state index contributed by atoms with van der Waals surface area (Å²) in [6.07, 6.45) is 3.68. The summed E-state index contributed by atoms with van der Waals surface area (Å²) < 4.78 is 31.9. The molecule has 0 unspecified atom stereocenters. The van der Waals surface area contributed by atoms with E-state index in [4.69, 9.17) is 10.5 Å². The number of aromatic nitrogens is 1. The van der Waals surface area contributed by atoms with E-state index in [2.05, 4.69) is 9.71 Å². The smallest absolute Gasteiger partial charge is 0.233 e. The van der Waals surface area contributed by atoms with Crippen LogP contribution in [0.15, 0.2) is 42.7 Å². The van der Waals surface area contributed by atoms with E-state index in [-0.39, 0.29) is 5.75 Å². The standard InChI is InChI=1S/C14H17N3O3S/c1-20-14-3-2-12(15)10-13(14)17-21(18,19)9-6-11-4-7-16-8-5-11/h2-5,7-8,10,17H,6,9,15H2,1H3. The van der Waals surface area contributed by atoms with Gasteiger partial charge in [-0.25, -0.2) is 8.42 Å². The molecular weight excluding hydrogens is 290 g/mol. The molecule has 0 saturated heterocycles. The Bertz CT molecular complexity index is 703. The number of ether oxygens (including phenoxy) is 1. The Morgan fingerprint density at radius 2 is 1.95 bits per heavy atom. The lowest BCUT2D eigenvalue weighted by Gasteiger charge is -2.12. The minimum Gasteiger partial charge on any atom is -0.495 e. The van der Waals surface area contributed by atoms with Crippen LogP contribution in [-0.2, 0) is 16.4 Å². The summed E-state index contributed by atoms with van der Waals surface area (Å²) in [5.41, 5.74) is 7.38. The van der Waals surface area contributed by atoms with Crippen molar-refractivity contribution in [1.82, 2.24) is 4.98 Å². The maximum absolute atomic E-state index is 12.1. The zero-order chi connectivity index (χ0) is 15.3. The molecule has 3 N–H and O–H groups in total. The molecule has 1 aromatic carbocycles. The number of sulfonamides is 1. The molecule has 112 valence electrons. The zero-order valence-corrected chi connectivity index (χ0v) is 12.4. The molecule has 0 aliphatic rings. The number of benzene rings is 1. The van der Waals surface area contributed by atoms with Gasteiger partial charge in [-0.15, -0.1) is 0 Å². The lowest BCUT2D eigenvalue weighted by Crippen LogP contribution is -2.18. The van der Waals surface area contributed by atoms with E-state index in [1.807, 2.05) is 0 Å². The summed E-state index contributed by atoms with van der Waals surface area (Å²) in [5.74, 6) is 0.395. The summed E-state index contributed by atoms with van der Waals surface area (Å²) in [5, 5.41) is 0. The molecule has 0 amide bonds. The monoisotopic (exact) mass is 307 g/mol. The predicted molar refractivity (Wildman–Crippen MR) is 82.8 cm³/mol. The molecule has 2 aromatic rings. The fourth-order valence-electron chi connectivity index (χ4n) is 1.83. The third kappa shape index (κ3) is 4.35. The highest BCUT2D eigenvalue weighted by Crippen LogP contribution is 2.27. The van der Waals surface area contributed by atoms with E-state index < -0.39 is 10.0 Å². The number of nitrogens with zero attached hydrogens (tertiary/aromatic N) is 1. The molecule has 0 saturated carbocycles. The fraction of sp³-hybridized carbons (Fsp3) is 0.214. The molecule has 2 rings (SSSR count). The van der Waals surface area contributed by atoms with Crippen LogP contribution in [0.4, 0.5) is 11.4 Å². The molecule has 0 radical (unpaired) electrons. The fourth-order valence-corrected chi connectivity index (χ4v) is 2.93. The van der Waals surface area contributed by atoms with Gasteiger partial charge in [-0.3, -0.25) is 9.71 Å². The molecule has 1 aromatic heterocycles. The van der Waals surface area contributed by atoms with Crippen LogP contribution in [0.2, 0.25) is 0 Å². The van der Waals surface area contributed by atoms with Gasteiger partial charge in [0.2, 0.25) is 10.0 Å². The second kappa shape index (κ2) is 6.45. The summed E-state index contributed by atoms with van der Waals surface area (Å²) in [6.45, 7) is 0. The highest BCUT2D eigenvalue weighted by Gasteiger charge is 2.14. The maximum atomic E-state index is 12.1. The van der Waals surface area contributed by atoms with Crippen molar-refractivity contribution < 1.29 is 13.2 Å². The first-order valence-corrected chi connectivity index (χ1v) is 7.98. The molecule has 1 heterocycles. The number of hydrogen-bond donors (Lipinski definition) is 2. The Morgan fingerprint density at radius 1 is 1.24 bits per heavy atom. The van der Waals surface area contributed by atoms with Gasteiger partial charge in [-0.1, -0.05) is 0 Å². The Morgan fingerprint density at radius 3 is 2.62 bits per heavy atom. The van der Waals surface area contributed by atoms with Crippen LogP contribution in [-0.4, -0.2) is 26.3 Å². The van der Waals surface area contributed by atoms with Crippen LogP contribution in [0, 0.1) is 0 Å². The van der Waals surface area contributed by atoms with E-state index in [0.717, 1.165) is 5.56 Å². The molecule has 0 spiro atoms. The molecular formula is C14H17N3O3S. The highest BCUT2D eigenvalue weighted by molar-refractivity contribution is 7.92. The molecule has 7 heteroatoms. The van der Waals surface area contributed by atoms with E-state index in [1.165, 1.54) is 13.2 Å². The van der Waals surface area contributed by atoms with Gasteiger partial charge in [-0.2, -0.15) is 0 Å². The summed E-state index contributed by atoms with van der Waals surface area (Å²) in [6, 6.07) is 8.37.